The van der Waals surface area contributed by atoms with Crippen LogP contribution in [-0.2, 0) is 4.79 Å². The SMILES string of the molecule is CCN(CC)c1ccc(N(CCNC(=O)NC(C)C)C(C)=O)c(C)c1. The van der Waals surface area contributed by atoms with Gasteiger partial charge in [-0.05, 0) is 58.4 Å². The molecule has 6 nitrogen and oxygen atoms in total. The Labute approximate surface area is 151 Å². The van der Waals surface area contributed by atoms with E-state index in [0.29, 0.717) is 13.1 Å². The van der Waals surface area contributed by atoms with E-state index in [0.717, 1.165) is 30.0 Å². The number of urea groups is 1. The van der Waals surface area contributed by atoms with Crippen LogP contribution in [0.3, 0.4) is 0 Å². The molecule has 0 radical (unpaired) electrons. The quantitative estimate of drug-likeness (QED) is 0.759. The monoisotopic (exact) mass is 348 g/mol. The standard InChI is InChI=1S/C19H32N4O2/c1-7-22(8-2)17-9-10-18(15(5)13-17)23(16(6)24)12-11-20-19(25)21-14(3)4/h9-10,13-14H,7-8,11-12H2,1-6H3,(H2,20,21,25). The van der Waals surface area contributed by atoms with Crippen molar-refractivity contribution in [2.24, 2.45) is 0 Å². The normalized spacial score (nSPS) is 10.5. The number of amides is 3. The smallest absolute Gasteiger partial charge is 0.315 e. The van der Waals surface area contributed by atoms with E-state index in [1.807, 2.05) is 32.9 Å². The molecule has 0 aliphatic heterocycles. The highest BCUT2D eigenvalue weighted by Gasteiger charge is 2.15. The molecule has 140 valence electrons. The number of carbonyl (C=O) groups excluding carboxylic acids is 2. The summed E-state index contributed by atoms with van der Waals surface area (Å²) in [7, 11) is 0. The summed E-state index contributed by atoms with van der Waals surface area (Å²) in [5, 5.41) is 5.55. The number of anilines is 2. The molecule has 6 heteroatoms. The lowest BCUT2D eigenvalue weighted by molar-refractivity contribution is -0.116. The molecule has 2 N–H and O–H groups in total. The lowest BCUT2D eigenvalue weighted by atomic mass is 10.1. The Morgan fingerprint density at radius 3 is 2.28 bits per heavy atom. The molecule has 0 heterocycles. The van der Waals surface area contributed by atoms with E-state index in [4.69, 9.17) is 0 Å². The molecule has 0 aliphatic rings. The van der Waals surface area contributed by atoms with Gasteiger partial charge in [-0.1, -0.05) is 0 Å². The third-order valence-corrected chi connectivity index (χ3v) is 4.02. The summed E-state index contributed by atoms with van der Waals surface area (Å²) in [5.74, 6) is -0.0373. The Balaban J connectivity index is 2.82. The molecule has 0 saturated carbocycles. The van der Waals surface area contributed by atoms with Gasteiger partial charge in [0.15, 0.2) is 0 Å². The minimum atomic E-state index is -0.216. The molecular formula is C19H32N4O2. The molecule has 0 atom stereocenters. The van der Waals surface area contributed by atoms with E-state index < -0.39 is 0 Å². The predicted octanol–water partition coefficient (Wildman–Crippen LogP) is 2.90. The van der Waals surface area contributed by atoms with Crippen molar-refractivity contribution in [2.45, 2.75) is 47.6 Å². The maximum Gasteiger partial charge on any atom is 0.315 e. The first-order valence-electron chi connectivity index (χ1n) is 8.98. The number of nitrogens with zero attached hydrogens (tertiary/aromatic N) is 2. The van der Waals surface area contributed by atoms with Crippen molar-refractivity contribution in [3.05, 3.63) is 23.8 Å². The average Bonchev–Trinajstić information content (AvgIpc) is 2.52. The van der Waals surface area contributed by atoms with Crippen LogP contribution in [0, 0.1) is 6.92 Å². The van der Waals surface area contributed by atoms with Crippen molar-refractivity contribution in [1.29, 1.82) is 0 Å². The highest BCUT2D eigenvalue weighted by molar-refractivity contribution is 5.92. The first kappa shape index (κ1) is 20.8. The van der Waals surface area contributed by atoms with Crippen LogP contribution in [-0.4, -0.2) is 44.2 Å². The first-order valence-corrected chi connectivity index (χ1v) is 8.98. The van der Waals surface area contributed by atoms with E-state index in [2.05, 4.69) is 35.4 Å². The second kappa shape index (κ2) is 9.91. The van der Waals surface area contributed by atoms with Crippen molar-refractivity contribution in [1.82, 2.24) is 10.6 Å². The highest BCUT2D eigenvalue weighted by Crippen LogP contribution is 2.25. The van der Waals surface area contributed by atoms with Crippen molar-refractivity contribution >= 4 is 23.3 Å². The third-order valence-electron chi connectivity index (χ3n) is 4.02. The second-order valence-corrected chi connectivity index (χ2v) is 6.37. The fourth-order valence-electron chi connectivity index (χ4n) is 2.77. The first-order chi connectivity index (χ1) is 11.8. The summed E-state index contributed by atoms with van der Waals surface area (Å²) >= 11 is 0. The van der Waals surface area contributed by atoms with Crippen molar-refractivity contribution in [3.63, 3.8) is 0 Å². The van der Waals surface area contributed by atoms with Crippen LogP contribution in [0.4, 0.5) is 16.2 Å². The van der Waals surface area contributed by atoms with Crippen LogP contribution >= 0.6 is 0 Å². The molecule has 0 bridgehead atoms. The van der Waals surface area contributed by atoms with Gasteiger partial charge in [-0.25, -0.2) is 4.79 Å². The summed E-state index contributed by atoms with van der Waals surface area (Å²) in [6.45, 7) is 14.3. The molecule has 0 aliphatic carbocycles. The van der Waals surface area contributed by atoms with Crippen molar-refractivity contribution < 1.29 is 9.59 Å². The molecule has 0 saturated heterocycles. The minimum absolute atomic E-state index is 0.0373. The number of rotatable bonds is 8. The van der Waals surface area contributed by atoms with Crippen LogP contribution in [0.15, 0.2) is 18.2 Å². The predicted molar refractivity (Wildman–Crippen MR) is 104 cm³/mol. The molecule has 1 rings (SSSR count). The van der Waals surface area contributed by atoms with Gasteiger partial charge in [-0.2, -0.15) is 0 Å². The highest BCUT2D eigenvalue weighted by atomic mass is 16.2. The van der Waals surface area contributed by atoms with Crippen molar-refractivity contribution in [3.8, 4) is 0 Å². The summed E-state index contributed by atoms with van der Waals surface area (Å²) in [6, 6.07) is 6.01. The average molecular weight is 348 g/mol. The molecule has 25 heavy (non-hydrogen) atoms. The maximum absolute atomic E-state index is 12.1. The van der Waals surface area contributed by atoms with E-state index >= 15 is 0 Å². The van der Waals surface area contributed by atoms with E-state index in [-0.39, 0.29) is 18.0 Å². The Morgan fingerprint density at radius 1 is 1.16 bits per heavy atom. The minimum Gasteiger partial charge on any atom is -0.372 e. The van der Waals surface area contributed by atoms with Crippen LogP contribution in [0.25, 0.3) is 0 Å². The molecule has 1 aromatic carbocycles. The van der Waals surface area contributed by atoms with E-state index in [9.17, 15) is 9.59 Å². The fraction of sp³-hybridized carbons (Fsp3) is 0.579. The molecule has 0 spiro atoms. The summed E-state index contributed by atoms with van der Waals surface area (Å²) in [5.41, 5.74) is 3.09. The number of benzene rings is 1. The summed E-state index contributed by atoms with van der Waals surface area (Å²) < 4.78 is 0. The molecule has 1 aromatic rings. The van der Waals surface area contributed by atoms with Gasteiger partial charge in [-0.3, -0.25) is 4.79 Å². The summed E-state index contributed by atoms with van der Waals surface area (Å²) in [4.78, 5) is 27.7. The topological polar surface area (TPSA) is 64.7 Å². The van der Waals surface area contributed by atoms with Gasteiger partial charge >= 0.3 is 6.03 Å². The third kappa shape index (κ3) is 6.29. The number of hydrogen-bond acceptors (Lipinski definition) is 3. The maximum atomic E-state index is 12.1. The van der Waals surface area contributed by atoms with Gasteiger partial charge in [0.05, 0.1) is 0 Å². The number of aryl methyl sites for hydroxylation is 1. The number of nitrogens with one attached hydrogen (secondary N) is 2. The Morgan fingerprint density at radius 2 is 1.80 bits per heavy atom. The zero-order valence-electron chi connectivity index (χ0n) is 16.3. The molecule has 0 aromatic heterocycles. The zero-order valence-corrected chi connectivity index (χ0v) is 16.3. The van der Waals surface area contributed by atoms with Crippen molar-refractivity contribution in [2.75, 3.05) is 36.0 Å². The second-order valence-electron chi connectivity index (χ2n) is 6.37. The van der Waals surface area contributed by atoms with Gasteiger partial charge in [0, 0.05) is 50.5 Å². The summed E-state index contributed by atoms with van der Waals surface area (Å²) in [6.07, 6.45) is 0. The lowest BCUT2D eigenvalue weighted by Gasteiger charge is -2.26. The molecule has 3 amide bonds. The zero-order chi connectivity index (χ0) is 19.0. The van der Waals surface area contributed by atoms with Gasteiger partial charge in [0.25, 0.3) is 0 Å². The van der Waals surface area contributed by atoms with Crippen LogP contribution < -0.4 is 20.4 Å². The lowest BCUT2D eigenvalue weighted by Crippen LogP contribution is -2.43. The van der Waals surface area contributed by atoms with Gasteiger partial charge in [0.2, 0.25) is 5.91 Å². The number of hydrogen-bond donors (Lipinski definition) is 2. The molecule has 0 unspecified atom stereocenters. The Kier molecular flexibility index (Phi) is 8.25. The van der Waals surface area contributed by atoms with Gasteiger partial charge in [0.1, 0.15) is 0 Å². The molecule has 0 fully saturated rings. The van der Waals surface area contributed by atoms with Gasteiger partial charge < -0.3 is 20.4 Å². The fourth-order valence-corrected chi connectivity index (χ4v) is 2.77. The van der Waals surface area contributed by atoms with Crippen LogP contribution in [0.2, 0.25) is 0 Å². The van der Waals surface area contributed by atoms with Crippen LogP contribution in [0.5, 0.6) is 0 Å². The molecular weight excluding hydrogens is 316 g/mol. The number of carbonyl (C=O) groups is 2. The van der Waals surface area contributed by atoms with E-state index in [1.165, 1.54) is 0 Å². The Bertz CT molecular complexity index is 583. The Hall–Kier alpha value is -2.24. The van der Waals surface area contributed by atoms with E-state index in [1.54, 1.807) is 11.8 Å². The van der Waals surface area contributed by atoms with Crippen LogP contribution in [0.1, 0.15) is 40.2 Å². The largest absolute Gasteiger partial charge is 0.372 e. The van der Waals surface area contributed by atoms with Gasteiger partial charge in [-0.15, -0.1) is 0 Å².